The Morgan fingerprint density at radius 3 is 2.44 bits per heavy atom. The largest absolute Gasteiger partial charge is 0.223 e. The van der Waals surface area contributed by atoms with Gasteiger partial charge in [0.15, 0.2) is 18.6 Å². The summed E-state index contributed by atoms with van der Waals surface area (Å²) in [6.07, 6.45) is 5.95. The van der Waals surface area contributed by atoms with Crippen LogP contribution in [0, 0.1) is 0 Å². The Bertz CT molecular complexity index is 612. The lowest BCUT2D eigenvalue weighted by Crippen LogP contribution is -2.31. The molecule has 0 fully saturated rings. The number of pyridine rings is 2. The zero-order valence-electron chi connectivity index (χ0n) is 8.80. The summed E-state index contributed by atoms with van der Waals surface area (Å²) in [5.41, 5.74) is 2.38. The molecule has 2 heteroatoms. The van der Waals surface area contributed by atoms with Gasteiger partial charge in [-0.25, -0.2) is 4.98 Å². The number of nitrogens with one attached hydrogen (secondary N) is 1. The third-order valence-electron chi connectivity index (χ3n) is 2.69. The molecule has 3 aromatic rings. The van der Waals surface area contributed by atoms with E-state index in [4.69, 9.17) is 0 Å². The number of nitrogens with zero attached hydrogens (tertiary/aromatic N) is 1. The minimum Gasteiger partial charge on any atom is -0.217 e. The Hall–Kier alpha value is -2.22. The van der Waals surface area contributed by atoms with E-state index in [2.05, 4.69) is 64.3 Å². The van der Waals surface area contributed by atoms with Gasteiger partial charge >= 0.3 is 0 Å². The second-order valence-electron chi connectivity index (χ2n) is 3.70. The highest BCUT2D eigenvalue weighted by Crippen LogP contribution is 2.09. The number of benzene rings is 1. The maximum absolute atomic E-state index is 3.04. The molecule has 0 aliphatic carbocycles. The fourth-order valence-electron chi connectivity index (χ4n) is 1.92. The Kier molecular flexibility index (Phi) is 2.11. The number of rotatable bonds is 1. The number of hydrogen-bond donors (Lipinski definition) is 0. The molecule has 3 rings (SSSR count). The van der Waals surface area contributed by atoms with Gasteiger partial charge in [0.1, 0.15) is 0 Å². The molecule has 0 amide bonds. The van der Waals surface area contributed by atoms with Crippen LogP contribution in [0.4, 0.5) is 0 Å². The zero-order chi connectivity index (χ0) is 10.8. The van der Waals surface area contributed by atoms with E-state index in [1.165, 1.54) is 10.9 Å². The van der Waals surface area contributed by atoms with Crippen LogP contribution in [0.15, 0.2) is 67.1 Å². The van der Waals surface area contributed by atoms with E-state index in [1.54, 1.807) is 0 Å². The van der Waals surface area contributed by atoms with Crippen LogP contribution in [0.3, 0.4) is 0 Å². The standard InChI is InChI=1S/C14H11N2/c1-2-6-14-12(4-1)5-3-11-16(14)13-7-9-15-10-8-13/h1-11H/q+1/p+1. The highest BCUT2D eigenvalue weighted by molar-refractivity contribution is 5.75. The van der Waals surface area contributed by atoms with Crippen LogP contribution in [0.5, 0.6) is 0 Å². The van der Waals surface area contributed by atoms with Crippen molar-refractivity contribution >= 4 is 10.9 Å². The van der Waals surface area contributed by atoms with Crippen molar-refractivity contribution in [1.82, 2.24) is 0 Å². The maximum Gasteiger partial charge on any atom is 0.223 e. The van der Waals surface area contributed by atoms with Crippen molar-refractivity contribution in [2.24, 2.45) is 0 Å². The number of fused-ring (bicyclic) bond motifs is 1. The van der Waals surface area contributed by atoms with Crippen LogP contribution in [-0.2, 0) is 0 Å². The first-order valence-electron chi connectivity index (χ1n) is 5.31. The van der Waals surface area contributed by atoms with Crippen molar-refractivity contribution in [3.05, 3.63) is 67.1 Å². The van der Waals surface area contributed by atoms with Crippen LogP contribution in [0.2, 0.25) is 0 Å². The molecule has 0 bridgehead atoms. The van der Waals surface area contributed by atoms with Crippen LogP contribution in [0.25, 0.3) is 16.6 Å². The summed E-state index contributed by atoms with van der Waals surface area (Å²) in [5, 5.41) is 1.25. The van der Waals surface area contributed by atoms with Gasteiger partial charge in [0.2, 0.25) is 11.2 Å². The predicted molar refractivity (Wildman–Crippen MR) is 62.0 cm³/mol. The van der Waals surface area contributed by atoms with Gasteiger partial charge in [0.05, 0.1) is 12.1 Å². The molecule has 0 spiro atoms. The van der Waals surface area contributed by atoms with Crippen molar-refractivity contribution in [1.29, 1.82) is 0 Å². The molecular formula is C14H12N2+2. The summed E-state index contributed by atoms with van der Waals surface area (Å²) in [6.45, 7) is 0. The van der Waals surface area contributed by atoms with Crippen LogP contribution in [-0.4, -0.2) is 0 Å². The average Bonchev–Trinajstić information content (AvgIpc) is 2.39. The SMILES string of the molecule is c1ccc2c(c1)ccc[n+]2-c1cc[nH+]cc1. The smallest absolute Gasteiger partial charge is 0.217 e. The Morgan fingerprint density at radius 2 is 1.56 bits per heavy atom. The minimum absolute atomic E-state index is 1.16. The molecule has 0 saturated heterocycles. The lowest BCUT2D eigenvalue weighted by atomic mass is 10.2. The lowest BCUT2D eigenvalue weighted by molar-refractivity contribution is -0.568. The van der Waals surface area contributed by atoms with Crippen molar-refractivity contribution in [2.75, 3.05) is 0 Å². The molecule has 0 unspecified atom stereocenters. The monoisotopic (exact) mass is 208 g/mol. The van der Waals surface area contributed by atoms with Crippen molar-refractivity contribution in [3.63, 3.8) is 0 Å². The van der Waals surface area contributed by atoms with E-state index in [0.717, 1.165) is 5.69 Å². The topological polar surface area (TPSA) is 18.0 Å². The summed E-state index contributed by atoms with van der Waals surface area (Å²) in [5.74, 6) is 0. The van der Waals surface area contributed by atoms with Gasteiger partial charge in [-0.2, -0.15) is 4.57 Å². The van der Waals surface area contributed by atoms with Gasteiger partial charge in [0.25, 0.3) is 0 Å². The number of H-pyrrole nitrogens is 1. The van der Waals surface area contributed by atoms with Gasteiger partial charge in [-0.15, -0.1) is 0 Å². The third kappa shape index (κ3) is 1.44. The fraction of sp³-hybridized carbons (Fsp3) is 0. The molecule has 0 radical (unpaired) electrons. The van der Waals surface area contributed by atoms with Crippen LogP contribution in [0.1, 0.15) is 0 Å². The second-order valence-corrected chi connectivity index (χ2v) is 3.70. The fourth-order valence-corrected chi connectivity index (χ4v) is 1.92. The molecule has 2 nitrogen and oxygen atoms in total. The Labute approximate surface area is 93.8 Å². The van der Waals surface area contributed by atoms with E-state index in [-0.39, 0.29) is 0 Å². The highest BCUT2D eigenvalue weighted by Gasteiger charge is 2.10. The first-order valence-corrected chi connectivity index (χ1v) is 5.31. The molecule has 2 heterocycles. The van der Waals surface area contributed by atoms with Gasteiger partial charge < -0.3 is 0 Å². The van der Waals surface area contributed by atoms with E-state index in [1.807, 2.05) is 12.4 Å². The van der Waals surface area contributed by atoms with Crippen LogP contribution >= 0.6 is 0 Å². The first-order chi connectivity index (χ1) is 7.95. The molecule has 16 heavy (non-hydrogen) atoms. The number of para-hydroxylation sites is 1. The van der Waals surface area contributed by atoms with Gasteiger partial charge in [-0.3, -0.25) is 0 Å². The Morgan fingerprint density at radius 1 is 0.812 bits per heavy atom. The minimum atomic E-state index is 1.16. The molecule has 0 aliphatic heterocycles. The summed E-state index contributed by atoms with van der Waals surface area (Å²) in [4.78, 5) is 3.04. The molecule has 0 aliphatic rings. The number of aromatic amines is 1. The molecular weight excluding hydrogens is 196 g/mol. The third-order valence-corrected chi connectivity index (χ3v) is 2.69. The van der Waals surface area contributed by atoms with E-state index in [0.29, 0.717) is 0 Å². The van der Waals surface area contributed by atoms with Gasteiger partial charge in [-0.1, -0.05) is 12.1 Å². The van der Waals surface area contributed by atoms with Crippen molar-refractivity contribution in [3.8, 4) is 5.69 Å². The van der Waals surface area contributed by atoms with E-state index >= 15 is 0 Å². The van der Waals surface area contributed by atoms with Crippen molar-refractivity contribution < 1.29 is 9.55 Å². The maximum atomic E-state index is 3.04. The van der Waals surface area contributed by atoms with E-state index < -0.39 is 0 Å². The number of aromatic nitrogens is 2. The zero-order valence-corrected chi connectivity index (χ0v) is 8.80. The van der Waals surface area contributed by atoms with Crippen LogP contribution < -0.4 is 9.55 Å². The predicted octanol–water partition coefficient (Wildman–Crippen LogP) is 1.93. The molecule has 1 N–H and O–H groups in total. The summed E-state index contributed by atoms with van der Waals surface area (Å²) < 4.78 is 2.18. The summed E-state index contributed by atoms with van der Waals surface area (Å²) in [7, 11) is 0. The second kappa shape index (κ2) is 3.74. The molecule has 1 aromatic carbocycles. The molecule has 0 atom stereocenters. The summed E-state index contributed by atoms with van der Waals surface area (Å²) in [6, 6.07) is 16.7. The number of hydrogen-bond acceptors (Lipinski definition) is 0. The quantitative estimate of drug-likeness (QED) is 0.544. The molecule has 0 saturated carbocycles. The summed E-state index contributed by atoms with van der Waals surface area (Å²) >= 11 is 0. The molecule has 76 valence electrons. The normalized spacial score (nSPS) is 10.5. The van der Waals surface area contributed by atoms with Crippen molar-refractivity contribution in [2.45, 2.75) is 0 Å². The molecule has 2 aromatic heterocycles. The Balaban J connectivity index is 2.32. The van der Waals surface area contributed by atoms with Gasteiger partial charge in [0, 0.05) is 17.5 Å². The van der Waals surface area contributed by atoms with Gasteiger partial charge in [-0.05, 0) is 12.1 Å². The average molecular weight is 208 g/mol. The first kappa shape index (κ1) is 9.04. The highest BCUT2D eigenvalue weighted by atomic mass is 15.0. The lowest BCUT2D eigenvalue weighted by Gasteiger charge is -1.98. The van der Waals surface area contributed by atoms with E-state index in [9.17, 15) is 0 Å².